The first-order valence-corrected chi connectivity index (χ1v) is 6.38. The van der Waals surface area contributed by atoms with Crippen LogP contribution in [0.4, 0.5) is 0 Å². The average molecular weight is 288 g/mol. The largest absolute Gasteiger partial charge is 0.513 e. The molecule has 0 radical (unpaired) electrons. The summed E-state index contributed by atoms with van der Waals surface area (Å²) in [5, 5.41) is 28.4. The summed E-state index contributed by atoms with van der Waals surface area (Å²) in [7, 11) is 0. The summed E-state index contributed by atoms with van der Waals surface area (Å²) in [6.07, 6.45) is 4.07. The highest BCUT2D eigenvalue weighted by atomic mass is 16.5. The number of carbonyl (C=O) groups excluding carboxylic acids is 1. The SMILES string of the molecule is C=C/C(=C\C=C(/C)O)C1CC(=O)c2c(O)cc(O)cc2O1. The number of aliphatic hydroxyl groups is 1. The molecule has 1 unspecified atom stereocenters. The van der Waals surface area contributed by atoms with Gasteiger partial charge in [-0.15, -0.1) is 0 Å². The summed E-state index contributed by atoms with van der Waals surface area (Å²) in [6, 6.07) is 2.38. The first-order valence-electron chi connectivity index (χ1n) is 6.38. The fraction of sp³-hybridized carbons (Fsp3) is 0.188. The molecule has 1 aromatic rings. The molecule has 0 bridgehead atoms. The molecule has 5 heteroatoms. The molecule has 0 saturated carbocycles. The van der Waals surface area contributed by atoms with Crippen molar-refractivity contribution >= 4 is 5.78 Å². The number of hydrogen-bond donors (Lipinski definition) is 3. The lowest BCUT2D eigenvalue weighted by molar-refractivity contribution is 0.0883. The molecule has 1 aliphatic rings. The second kappa shape index (κ2) is 5.75. The van der Waals surface area contributed by atoms with Crippen LogP contribution in [0.25, 0.3) is 0 Å². The second-order valence-electron chi connectivity index (χ2n) is 4.75. The number of fused-ring (bicyclic) bond motifs is 1. The van der Waals surface area contributed by atoms with Crippen LogP contribution >= 0.6 is 0 Å². The molecule has 110 valence electrons. The van der Waals surface area contributed by atoms with Crippen molar-refractivity contribution < 1.29 is 24.9 Å². The average Bonchev–Trinajstić information content (AvgIpc) is 2.37. The van der Waals surface area contributed by atoms with Crippen LogP contribution in [0.5, 0.6) is 17.2 Å². The molecule has 0 fully saturated rings. The molecule has 0 amide bonds. The molecule has 1 atom stereocenters. The topological polar surface area (TPSA) is 87.0 Å². The first-order chi connectivity index (χ1) is 9.92. The van der Waals surface area contributed by atoms with Crippen molar-refractivity contribution in [2.24, 2.45) is 0 Å². The van der Waals surface area contributed by atoms with Gasteiger partial charge in [-0.1, -0.05) is 18.7 Å². The van der Waals surface area contributed by atoms with E-state index < -0.39 is 6.10 Å². The molecule has 0 saturated heterocycles. The number of carbonyl (C=O) groups is 1. The van der Waals surface area contributed by atoms with Crippen molar-refractivity contribution in [3.63, 3.8) is 0 Å². The van der Waals surface area contributed by atoms with Crippen molar-refractivity contribution in [2.45, 2.75) is 19.4 Å². The zero-order valence-corrected chi connectivity index (χ0v) is 11.5. The minimum absolute atomic E-state index is 0.0432. The van der Waals surface area contributed by atoms with Gasteiger partial charge in [-0.3, -0.25) is 4.79 Å². The number of aromatic hydroxyl groups is 2. The fourth-order valence-corrected chi connectivity index (χ4v) is 2.13. The Bertz CT molecular complexity index is 651. The predicted molar refractivity (Wildman–Crippen MR) is 77.8 cm³/mol. The predicted octanol–water partition coefficient (Wildman–Crippen LogP) is 3.01. The van der Waals surface area contributed by atoms with Gasteiger partial charge >= 0.3 is 0 Å². The van der Waals surface area contributed by atoms with Gasteiger partial charge < -0.3 is 20.1 Å². The Morgan fingerprint density at radius 1 is 1.38 bits per heavy atom. The first kappa shape index (κ1) is 14.7. The highest BCUT2D eigenvalue weighted by molar-refractivity contribution is 6.03. The minimum atomic E-state index is -0.584. The van der Waals surface area contributed by atoms with E-state index in [0.29, 0.717) is 5.57 Å². The quantitative estimate of drug-likeness (QED) is 0.588. The normalized spacial score (nSPS) is 18.9. The van der Waals surface area contributed by atoms with E-state index in [0.717, 1.165) is 6.07 Å². The van der Waals surface area contributed by atoms with Gasteiger partial charge in [0.2, 0.25) is 0 Å². The number of phenols is 2. The number of Topliss-reactive ketones (excluding diaryl/α,β-unsaturated/α-hetero) is 1. The highest BCUT2D eigenvalue weighted by Gasteiger charge is 2.30. The number of rotatable bonds is 3. The number of ether oxygens (including phenoxy) is 1. The third kappa shape index (κ3) is 3.08. The van der Waals surface area contributed by atoms with E-state index in [1.807, 2.05) is 0 Å². The lowest BCUT2D eigenvalue weighted by Crippen LogP contribution is -2.28. The number of benzene rings is 1. The lowest BCUT2D eigenvalue weighted by atomic mass is 9.95. The van der Waals surface area contributed by atoms with Crippen LogP contribution in [-0.2, 0) is 0 Å². The number of aliphatic hydroxyl groups excluding tert-OH is 1. The monoisotopic (exact) mass is 288 g/mol. The summed E-state index contributed by atoms with van der Waals surface area (Å²) in [4.78, 5) is 12.1. The number of ketones is 1. The molecule has 3 N–H and O–H groups in total. The van der Waals surface area contributed by atoms with Crippen LogP contribution in [0.15, 0.2) is 48.3 Å². The number of hydrogen-bond acceptors (Lipinski definition) is 5. The van der Waals surface area contributed by atoms with Gasteiger partial charge in [0.05, 0.1) is 12.2 Å². The minimum Gasteiger partial charge on any atom is -0.513 e. The van der Waals surface area contributed by atoms with E-state index in [-0.39, 0.29) is 40.8 Å². The Morgan fingerprint density at radius 2 is 2.10 bits per heavy atom. The van der Waals surface area contributed by atoms with Gasteiger partial charge in [-0.05, 0) is 18.6 Å². The van der Waals surface area contributed by atoms with Gasteiger partial charge in [0, 0.05) is 12.1 Å². The Morgan fingerprint density at radius 3 is 2.71 bits per heavy atom. The molecule has 21 heavy (non-hydrogen) atoms. The Hall–Kier alpha value is -2.69. The molecular formula is C16H16O5. The van der Waals surface area contributed by atoms with Crippen LogP contribution in [0, 0.1) is 0 Å². The smallest absolute Gasteiger partial charge is 0.174 e. The standard InChI is InChI=1S/C16H16O5/c1-3-10(5-4-9(2)17)14-8-13(20)16-12(19)6-11(18)7-15(16)21-14/h3-7,14,17-19H,1,8H2,2H3/b9-4+,10-5+. The van der Waals surface area contributed by atoms with Crippen molar-refractivity contribution in [1.29, 1.82) is 0 Å². The Kier molecular flexibility index (Phi) is 4.03. The Balaban J connectivity index is 2.39. The summed E-state index contributed by atoms with van der Waals surface area (Å²) in [5.74, 6) is -0.520. The second-order valence-corrected chi connectivity index (χ2v) is 4.75. The summed E-state index contributed by atoms with van der Waals surface area (Å²) >= 11 is 0. The molecule has 0 aromatic heterocycles. The third-order valence-corrected chi connectivity index (χ3v) is 3.11. The summed E-state index contributed by atoms with van der Waals surface area (Å²) in [6.45, 7) is 5.18. The molecule has 1 heterocycles. The van der Waals surface area contributed by atoms with E-state index >= 15 is 0 Å². The lowest BCUT2D eigenvalue weighted by Gasteiger charge is -2.26. The van der Waals surface area contributed by atoms with Crippen LogP contribution in [0.2, 0.25) is 0 Å². The Labute approximate surface area is 122 Å². The maximum absolute atomic E-state index is 12.1. The summed E-state index contributed by atoms with van der Waals surface area (Å²) < 4.78 is 5.66. The summed E-state index contributed by atoms with van der Waals surface area (Å²) in [5.41, 5.74) is 0.687. The molecule has 0 aliphatic carbocycles. The fourth-order valence-electron chi connectivity index (χ4n) is 2.13. The van der Waals surface area contributed by atoms with Crippen molar-refractivity contribution in [3.8, 4) is 17.2 Å². The van der Waals surface area contributed by atoms with Crippen LogP contribution < -0.4 is 4.74 Å². The van der Waals surface area contributed by atoms with Gasteiger partial charge in [-0.2, -0.15) is 0 Å². The van der Waals surface area contributed by atoms with E-state index in [4.69, 9.17) is 4.74 Å². The van der Waals surface area contributed by atoms with Gasteiger partial charge in [0.25, 0.3) is 0 Å². The third-order valence-electron chi connectivity index (χ3n) is 3.11. The van der Waals surface area contributed by atoms with Crippen LogP contribution in [0.3, 0.4) is 0 Å². The van der Waals surface area contributed by atoms with E-state index in [1.54, 1.807) is 6.08 Å². The molecule has 5 nitrogen and oxygen atoms in total. The van der Waals surface area contributed by atoms with Crippen LogP contribution in [-0.4, -0.2) is 27.2 Å². The van der Waals surface area contributed by atoms with Gasteiger partial charge in [0.15, 0.2) is 5.78 Å². The van der Waals surface area contributed by atoms with Crippen LogP contribution in [0.1, 0.15) is 23.7 Å². The van der Waals surface area contributed by atoms with E-state index in [2.05, 4.69) is 6.58 Å². The number of phenolic OH excluding ortho intramolecular Hbond substituents is 2. The zero-order chi connectivity index (χ0) is 15.6. The zero-order valence-electron chi connectivity index (χ0n) is 11.5. The van der Waals surface area contributed by atoms with E-state index in [1.165, 1.54) is 25.1 Å². The van der Waals surface area contributed by atoms with E-state index in [9.17, 15) is 20.1 Å². The molecule has 2 rings (SSSR count). The number of allylic oxidation sites excluding steroid dienone is 3. The molecule has 1 aromatic carbocycles. The molecule has 0 spiro atoms. The van der Waals surface area contributed by atoms with Crippen molar-refractivity contribution in [1.82, 2.24) is 0 Å². The highest BCUT2D eigenvalue weighted by Crippen LogP contribution is 2.39. The maximum Gasteiger partial charge on any atom is 0.174 e. The molecule has 1 aliphatic heterocycles. The van der Waals surface area contributed by atoms with Crippen molar-refractivity contribution in [3.05, 3.63) is 53.8 Å². The van der Waals surface area contributed by atoms with Gasteiger partial charge in [0.1, 0.15) is 28.9 Å². The molecular weight excluding hydrogens is 272 g/mol. The maximum atomic E-state index is 12.1. The van der Waals surface area contributed by atoms with Crippen molar-refractivity contribution in [2.75, 3.05) is 0 Å². The van der Waals surface area contributed by atoms with Gasteiger partial charge in [-0.25, -0.2) is 0 Å².